The number of hydrogen-bond donors (Lipinski definition) is 1. The largest absolute Gasteiger partial charge is 0.399 e. The molecule has 2 rings (SSSR count). The molecule has 0 aliphatic rings. The molecule has 2 aromatic carbocycles. The van der Waals surface area contributed by atoms with Gasteiger partial charge in [-0.05, 0) is 41.3 Å². The van der Waals surface area contributed by atoms with Crippen molar-refractivity contribution < 1.29 is 4.74 Å². The van der Waals surface area contributed by atoms with Gasteiger partial charge in [0.1, 0.15) is 0 Å². The van der Waals surface area contributed by atoms with Gasteiger partial charge in [-0.1, -0.05) is 24.3 Å². The molecule has 0 aliphatic carbocycles. The van der Waals surface area contributed by atoms with Gasteiger partial charge in [0.2, 0.25) is 0 Å². The number of ether oxygens (including phenoxy) is 1. The Morgan fingerprint density at radius 1 is 1.21 bits per heavy atom. The van der Waals surface area contributed by atoms with E-state index in [0.717, 1.165) is 22.3 Å². The maximum absolute atomic E-state index is 9.19. The lowest BCUT2D eigenvalue weighted by Crippen LogP contribution is -1.94. The first-order chi connectivity index (χ1) is 9.15. The Bertz CT molecular complexity index is 642. The summed E-state index contributed by atoms with van der Waals surface area (Å²) in [6.07, 6.45) is 0. The van der Waals surface area contributed by atoms with Crippen molar-refractivity contribution in [2.75, 3.05) is 12.8 Å². The third kappa shape index (κ3) is 2.75. The lowest BCUT2D eigenvalue weighted by Gasteiger charge is -2.09. The van der Waals surface area contributed by atoms with Crippen molar-refractivity contribution in [3.8, 4) is 17.2 Å². The quantitative estimate of drug-likeness (QED) is 0.853. The Morgan fingerprint density at radius 3 is 2.63 bits per heavy atom. The van der Waals surface area contributed by atoms with Gasteiger partial charge in [0.25, 0.3) is 0 Å². The molecule has 0 saturated heterocycles. The minimum absolute atomic E-state index is 0.596. The summed E-state index contributed by atoms with van der Waals surface area (Å²) < 4.78 is 5.15. The molecule has 3 nitrogen and oxygen atoms in total. The molecular weight excluding hydrogens is 236 g/mol. The van der Waals surface area contributed by atoms with E-state index in [4.69, 9.17) is 10.5 Å². The number of methoxy groups -OCH3 is 1. The van der Waals surface area contributed by atoms with Crippen LogP contribution in [0.15, 0.2) is 36.4 Å². The lowest BCUT2D eigenvalue weighted by molar-refractivity contribution is 0.184. The van der Waals surface area contributed by atoms with E-state index in [1.165, 1.54) is 0 Å². The second kappa shape index (κ2) is 5.55. The van der Waals surface area contributed by atoms with Crippen LogP contribution >= 0.6 is 0 Å². The first kappa shape index (κ1) is 13.1. The zero-order valence-corrected chi connectivity index (χ0v) is 11.1. The van der Waals surface area contributed by atoms with Crippen LogP contribution in [-0.2, 0) is 11.3 Å². The van der Waals surface area contributed by atoms with Crippen molar-refractivity contribution in [2.45, 2.75) is 13.5 Å². The van der Waals surface area contributed by atoms with Crippen LogP contribution in [0.5, 0.6) is 0 Å². The van der Waals surface area contributed by atoms with Gasteiger partial charge in [0.15, 0.2) is 0 Å². The van der Waals surface area contributed by atoms with Crippen LogP contribution in [0.25, 0.3) is 11.1 Å². The Morgan fingerprint density at radius 2 is 2.00 bits per heavy atom. The third-order valence-corrected chi connectivity index (χ3v) is 3.12. The van der Waals surface area contributed by atoms with Gasteiger partial charge in [0, 0.05) is 12.8 Å². The minimum atomic E-state index is 0.596. The summed E-state index contributed by atoms with van der Waals surface area (Å²) in [6, 6.07) is 13.7. The number of rotatable bonds is 3. The molecule has 0 spiro atoms. The van der Waals surface area contributed by atoms with Gasteiger partial charge >= 0.3 is 0 Å². The molecule has 0 saturated carbocycles. The second-order valence-corrected chi connectivity index (χ2v) is 4.49. The smallest absolute Gasteiger partial charge is 0.0998 e. The van der Waals surface area contributed by atoms with Crippen LogP contribution in [0.2, 0.25) is 0 Å². The Hall–Kier alpha value is -2.31. The van der Waals surface area contributed by atoms with Crippen LogP contribution in [0.3, 0.4) is 0 Å². The van der Waals surface area contributed by atoms with Crippen LogP contribution in [-0.4, -0.2) is 7.11 Å². The summed E-state index contributed by atoms with van der Waals surface area (Å²) >= 11 is 0. The van der Waals surface area contributed by atoms with Crippen LogP contribution in [0.4, 0.5) is 5.69 Å². The Balaban J connectivity index is 2.48. The van der Waals surface area contributed by atoms with Crippen molar-refractivity contribution in [2.24, 2.45) is 0 Å². The molecule has 3 heteroatoms. The molecule has 0 unspecified atom stereocenters. The maximum atomic E-state index is 9.19. The average molecular weight is 252 g/mol. The molecular formula is C16H16N2O. The van der Waals surface area contributed by atoms with E-state index in [0.29, 0.717) is 17.9 Å². The van der Waals surface area contributed by atoms with Gasteiger partial charge in [-0.25, -0.2) is 0 Å². The van der Waals surface area contributed by atoms with Crippen molar-refractivity contribution >= 4 is 5.69 Å². The predicted molar refractivity (Wildman–Crippen MR) is 76.5 cm³/mol. The van der Waals surface area contributed by atoms with Crippen molar-refractivity contribution in [3.05, 3.63) is 53.1 Å². The van der Waals surface area contributed by atoms with E-state index in [9.17, 15) is 5.26 Å². The monoisotopic (exact) mass is 252 g/mol. The van der Waals surface area contributed by atoms with Crippen LogP contribution < -0.4 is 5.73 Å². The standard InChI is InChI=1S/C16H16N2O/c1-11-7-12(3-4-13(11)10-19-2)16-6-5-15(18)8-14(16)9-17/h3-8H,10,18H2,1-2H3. The number of nitriles is 1. The van der Waals surface area contributed by atoms with E-state index in [-0.39, 0.29) is 0 Å². The summed E-state index contributed by atoms with van der Waals surface area (Å²) in [5, 5.41) is 9.19. The second-order valence-electron chi connectivity index (χ2n) is 4.49. The van der Waals surface area contributed by atoms with Crippen LogP contribution in [0.1, 0.15) is 16.7 Å². The minimum Gasteiger partial charge on any atom is -0.399 e. The van der Waals surface area contributed by atoms with E-state index >= 15 is 0 Å². The average Bonchev–Trinajstić information content (AvgIpc) is 2.41. The molecule has 19 heavy (non-hydrogen) atoms. The molecule has 2 N–H and O–H groups in total. The fourth-order valence-corrected chi connectivity index (χ4v) is 2.09. The number of nitrogen functional groups attached to an aromatic ring is 1. The van der Waals surface area contributed by atoms with Crippen LogP contribution in [0, 0.1) is 18.3 Å². The summed E-state index contributed by atoms with van der Waals surface area (Å²) in [7, 11) is 1.68. The highest BCUT2D eigenvalue weighted by Gasteiger charge is 2.07. The molecule has 0 fully saturated rings. The zero-order valence-electron chi connectivity index (χ0n) is 11.1. The summed E-state index contributed by atoms with van der Waals surface area (Å²) in [5.41, 5.74) is 11.1. The summed E-state index contributed by atoms with van der Waals surface area (Å²) in [4.78, 5) is 0. The molecule has 0 atom stereocenters. The third-order valence-electron chi connectivity index (χ3n) is 3.12. The highest BCUT2D eigenvalue weighted by molar-refractivity contribution is 5.73. The zero-order chi connectivity index (χ0) is 13.8. The highest BCUT2D eigenvalue weighted by atomic mass is 16.5. The Kier molecular flexibility index (Phi) is 3.84. The topological polar surface area (TPSA) is 59.0 Å². The van der Waals surface area contributed by atoms with Gasteiger partial charge in [-0.15, -0.1) is 0 Å². The maximum Gasteiger partial charge on any atom is 0.0998 e. The fraction of sp³-hybridized carbons (Fsp3) is 0.188. The number of aryl methyl sites for hydroxylation is 1. The SMILES string of the molecule is COCc1ccc(-c2ccc(N)cc2C#N)cc1C. The normalized spacial score (nSPS) is 10.2. The van der Waals surface area contributed by atoms with Gasteiger partial charge < -0.3 is 10.5 Å². The molecule has 0 aliphatic heterocycles. The predicted octanol–water partition coefficient (Wildman–Crippen LogP) is 3.26. The summed E-state index contributed by atoms with van der Waals surface area (Å²) in [5.74, 6) is 0. The number of hydrogen-bond acceptors (Lipinski definition) is 3. The van der Waals surface area contributed by atoms with E-state index in [1.54, 1.807) is 13.2 Å². The van der Waals surface area contributed by atoms with Gasteiger partial charge in [-0.2, -0.15) is 5.26 Å². The summed E-state index contributed by atoms with van der Waals surface area (Å²) in [6.45, 7) is 2.64. The number of nitrogens with zero attached hydrogens (tertiary/aromatic N) is 1. The van der Waals surface area contributed by atoms with E-state index in [2.05, 4.69) is 12.1 Å². The Labute approximate surface area is 113 Å². The van der Waals surface area contributed by atoms with E-state index < -0.39 is 0 Å². The first-order valence-corrected chi connectivity index (χ1v) is 6.04. The number of nitrogens with two attached hydrogens (primary N) is 1. The molecule has 0 aromatic heterocycles. The van der Waals surface area contributed by atoms with E-state index in [1.807, 2.05) is 31.2 Å². The van der Waals surface area contributed by atoms with Crippen molar-refractivity contribution in [1.82, 2.24) is 0 Å². The number of anilines is 1. The molecule has 96 valence electrons. The molecule has 0 radical (unpaired) electrons. The van der Waals surface area contributed by atoms with Gasteiger partial charge in [0.05, 0.1) is 18.2 Å². The first-order valence-electron chi connectivity index (χ1n) is 6.04. The molecule has 0 amide bonds. The molecule has 2 aromatic rings. The molecule has 0 heterocycles. The van der Waals surface area contributed by atoms with Crippen molar-refractivity contribution in [3.63, 3.8) is 0 Å². The number of benzene rings is 2. The molecule has 0 bridgehead atoms. The van der Waals surface area contributed by atoms with Crippen molar-refractivity contribution in [1.29, 1.82) is 5.26 Å². The fourth-order valence-electron chi connectivity index (χ4n) is 2.09. The van der Waals surface area contributed by atoms with Gasteiger partial charge in [-0.3, -0.25) is 0 Å². The highest BCUT2D eigenvalue weighted by Crippen LogP contribution is 2.27. The lowest BCUT2D eigenvalue weighted by atomic mass is 9.96.